The van der Waals surface area contributed by atoms with Crippen molar-refractivity contribution in [2.45, 2.75) is 0 Å². The summed E-state index contributed by atoms with van der Waals surface area (Å²) in [4.78, 5) is 4.12. The highest BCUT2D eigenvalue weighted by Crippen LogP contribution is 2.29. The summed E-state index contributed by atoms with van der Waals surface area (Å²) in [5, 5.41) is 6.15. The molecule has 0 bridgehead atoms. The number of nitrogens with one attached hydrogen (secondary N) is 2. The van der Waals surface area contributed by atoms with Crippen molar-refractivity contribution in [1.29, 1.82) is 0 Å². The number of guanidine groups is 1. The van der Waals surface area contributed by atoms with Crippen LogP contribution in [0.1, 0.15) is 0 Å². The van der Waals surface area contributed by atoms with Gasteiger partial charge in [-0.25, -0.2) is 12.7 Å². The predicted octanol–water partition coefficient (Wildman–Crippen LogP) is 1.07. The number of nitrogens with zero attached hydrogens (tertiary/aromatic N) is 2. The summed E-state index contributed by atoms with van der Waals surface area (Å²) in [5.74, 6) is 3.46. The SMILES string of the molecule is CN=C(NCCS(=O)(=O)N1CCSCC1)Nc1ccc(OC)c(OC)c1. The van der Waals surface area contributed by atoms with Crippen LogP contribution < -0.4 is 20.1 Å². The van der Waals surface area contributed by atoms with E-state index in [1.54, 1.807) is 49.5 Å². The van der Waals surface area contributed by atoms with Crippen LogP contribution in [-0.2, 0) is 10.0 Å². The molecule has 1 aliphatic heterocycles. The molecule has 10 heteroatoms. The number of hydrogen-bond acceptors (Lipinski definition) is 6. The molecule has 0 aliphatic carbocycles. The van der Waals surface area contributed by atoms with Crippen molar-refractivity contribution < 1.29 is 17.9 Å². The topological polar surface area (TPSA) is 92.3 Å². The maximum atomic E-state index is 12.4. The van der Waals surface area contributed by atoms with Crippen molar-refractivity contribution >= 4 is 33.4 Å². The van der Waals surface area contributed by atoms with Crippen molar-refractivity contribution in [2.75, 3.05) is 63.5 Å². The minimum atomic E-state index is -3.24. The Morgan fingerprint density at radius 2 is 1.92 bits per heavy atom. The zero-order valence-electron chi connectivity index (χ0n) is 15.3. The molecule has 0 aromatic heterocycles. The first kappa shape index (κ1) is 20.7. The second kappa shape index (κ2) is 9.89. The summed E-state index contributed by atoms with van der Waals surface area (Å²) < 4.78 is 36.8. The lowest BCUT2D eigenvalue weighted by Crippen LogP contribution is -2.42. The minimum absolute atomic E-state index is 0.0320. The molecule has 0 saturated carbocycles. The second-order valence-electron chi connectivity index (χ2n) is 5.52. The van der Waals surface area contributed by atoms with Crippen molar-refractivity contribution in [3.05, 3.63) is 18.2 Å². The van der Waals surface area contributed by atoms with E-state index in [0.29, 0.717) is 30.5 Å². The maximum absolute atomic E-state index is 12.4. The second-order valence-corrected chi connectivity index (χ2v) is 8.83. The third-order valence-electron chi connectivity index (χ3n) is 3.89. The summed E-state index contributed by atoms with van der Waals surface area (Å²) in [6.45, 7) is 1.45. The molecule has 0 spiro atoms. The van der Waals surface area contributed by atoms with Gasteiger partial charge in [0, 0.05) is 49.9 Å². The molecule has 146 valence electrons. The molecular formula is C16H26N4O4S2. The first-order chi connectivity index (χ1) is 12.5. The largest absolute Gasteiger partial charge is 0.493 e. The van der Waals surface area contributed by atoms with Crippen LogP contribution >= 0.6 is 11.8 Å². The normalized spacial score (nSPS) is 16.2. The molecule has 0 radical (unpaired) electrons. The third-order valence-corrected chi connectivity index (χ3v) is 6.70. The third kappa shape index (κ3) is 5.68. The van der Waals surface area contributed by atoms with E-state index in [1.165, 1.54) is 0 Å². The Morgan fingerprint density at radius 1 is 1.23 bits per heavy atom. The Labute approximate surface area is 159 Å². The number of rotatable bonds is 7. The van der Waals surface area contributed by atoms with Crippen LogP contribution in [0.25, 0.3) is 0 Å². The summed E-state index contributed by atoms with van der Waals surface area (Å²) in [5.41, 5.74) is 0.756. The highest BCUT2D eigenvalue weighted by molar-refractivity contribution is 7.99. The van der Waals surface area contributed by atoms with E-state index in [4.69, 9.17) is 9.47 Å². The molecular weight excluding hydrogens is 376 g/mol. The molecule has 0 atom stereocenters. The minimum Gasteiger partial charge on any atom is -0.493 e. The molecule has 1 aromatic carbocycles. The number of sulfonamides is 1. The number of hydrogen-bond donors (Lipinski definition) is 2. The Morgan fingerprint density at radius 3 is 2.54 bits per heavy atom. The molecule has 2 rings (SSSR count). The number of thioether (sulfide) groups is 1. The summed E-state index contributed by atoms with van der Waals surface area (Å²) in [7, 11) is 1.53. The highest BCUT2D eigenvalue weighted by Gasteiger charge is 2.23. The Balaban J connectivity index is 1.90. The van der Waals surface area contributed by atoms with Gasteiger partial charge in [-0.3, -0.25) is 4.99 Å². The van der Waals surface area contributed by atoms with Gasteiger partial charge in [0.05, 0.1) is 20.0 Å². The van der Waals surface area contributed by atoms with E-state index >= 15 is 0 Å². The van der Waals surface area contributed by atoms with E-state index in [0.717, 1.165) is 17.2 Å². The van der Waals surface area contributed by atoms with Gasteiger partial charge in [-0.2, -0.15) is 11.8 Å². The predicted molar refractivity (Wildman–Crippen MR) is 107 cm³/mol. The number of ether oxygens (including phenoxy) is 2. The molecule has 1 aromatic rings. The van der Waals surface area contributed by atoms with E-state index in [1.807, 2.05) is 6.07 Å². The fourth-order valence-corrected chi connectivity index (χ4v) is 4.97. The van der Waals surface area contributed by atoms with Gasteiger partial charge in [-0.15, -0.1) is 0 Å². The van der Waals surface area contributed by atoms with Crippen LogP contribution in [0.4, 0.5) is 5.69 Å². The summed E-state index contributed by atoms with van der Waals surface area (Å²) in [6.07, 6.45) is 0. The monoisotopic (exact) mass is 402 g/mol. The standard InChI is InChI=1S/C16H26N4O4S2/c1-17-16(19-13-4-5-14(23-2)15(12-13)24-3)18-6-11-26(21,22)20-7-9-25-10-8-20/h4-5,12H,6-11H2,1-3H3,(H2,17,18,19). The zero-order valence-corrected chi connectivity index (χ0v) is 17.0. The van der Waals surface area contributed by atoms with Crippen molar-refractivity contribution in [2.24, 2.45) is 4.99 Å². The van der Waals surface area contributed by atoms with Crippen LogP contribution in [-0.4, -0.2) is 76.8 Å². The highest BCUT2D eigenvalue weighted by atomic mass is 32.2. The molecule has 1 heterocycles. The van der Waals surface area contributed by atoms with Crippen molar-refractivity contribution in [3.63, 3.8) is 0 Å². The first-order valence-corrected chi connectivity index (χ1v) is 11.0. The molecule has 8 nitrogen and oxygen atoms in total. The molecule has 0 unspecified atom stereocenters. The van der Waals surface area contributed by atoms with Gasteiger partial charge in [0.1, 0.15) is 0 Å². The van der Waals surface area contributed by atoms with Gasteiger partial charge in [-0.05, 0) is 12.1 Å². The van der Waals surface area contributed by atoms with E-state index in [9.17, 15) is 8.42 Å². The Hall–Kier alpha value is -1.65. The van der Waals surface area contributed by atoms with Gasteiger partial charge in [0.2, 0.25) is 10.0 Å². The van der Waals surface area contributed by atoms with Gasteiger partial charge < -0.3 is 20.1 Å². The van der Waals surface area contributed by atoms with Crippen LogP contribution in [0.2, 0.25) is 0 Å². The fourth-order valence-electron chi connectivity index (χ4n) is 2.48. The smallest absolute Gasteiger partial charge is 0.215 e. The molecule has 1 fully saturated rings. The fraction of sp³-hybridized carbons (Fsp3) is 0.562. The molecule has 2 N–H and O–H groups in total. The number of benzene rings is 1. The van der Waals surface area contributed by atoms with E-state index in [2.05, 4.69) is 15.6 Å². The number of anilines is 1. The molecule has 26 heavy (non-hydrogen) atoms. The number of aliphatic imine (C=N–C) groups is 1. The summed E-state index contributed by atoms with van der Waals surface area (Å²) >= 11 is 1.78. The Kier molecular flexibility index (Phi) is 7.85. The quantitative estimate of drug-likeness (QED) is 0.521. The van der Waals surface area contributed by atoms with Crippen molar-refractivity contribution in [1.82, 2.24) is 9.62 Å². The van der Waals surface area contributed by atoms with Gasteiger partial charge in [-0.1, -0.05) is 0 Å². The maximum Gasteiger partial charge on any atom is 0.215 e. The zero-order chi connectivity index (χ0) is 19.0. The van der Waals surface area contributed by atoms with Crippen molar-refractivity contribution in [3.8, 4) is 11.5 Å². The van der Waals surface area contributed by atoms with E-state index < -0.39 is 10.0 Å². The Bertz CT molecular complexity index is 719. The molecule has 1 saturated heterocycles. The van der Waals surface area contributed by atoms with Crippen LogP contribution in [0, 0.1) is 0 Å². The van der Waals surface area contributed by atoms with E-state index in [-0.39, 0.29) is 12.3 Å². The van der Waals surface area contributed by atoms with Crippen LogP contribution in [0.5, 0.6) is 11.5 Å². The molecule has 1 aliphatic rings. The molecule has 0 amide bonds. The average molecular weight is 403 g/mol. The lowest BCUT2D eigenvalue weighted by molar-refractivity contribution is 0.355. The van der Waals surface area contributed by atoms with Gasteiger partial charge in [0.15, 0.2) is 17.5 Å². The van der Waals surface area contributed by atoms with Gasteiger partial charge in [0.25, 0.3) is 0 Å². The van der Waals surface area contributed by atoms with Crippen LogP contribution in [0.15, 0.2) is 23.2 Å². The average Bonchev–Trinajstić information content (AvgIpc) is 2.67. The summed E-state index contributed by atoms with van der Waals surface area (Å²) in [6, 6.07) is 5.40. The first-order valence-electron chi connectivity index (χ1n) is 8.25. The number of methoxy groups -OCH3 is 2. The lowest BCUT2D eigenvalue weighted by Gasteiger charge is -2.25. The lowest BCUT2D eigenvalue weighted by atomic mass is 10.3. The van der Waals surface area contributed by atoms with Crippen LogP contribution in [0.3, 0.4) is 0 Å². The van der Waals surface area contributed by atoms with Gasteiger partial charge >= 0.3 is 0 Å².